The molecule has 0 atom stereocenters. The highest BCUT2D eigenvalue weighted by Gasteiger charge is 2.39. The van der Waals surface area contributed by atoms with Gasteiger partial charge in [-0.15, -0.1) is 0 Å². The molecule has 0 N–H and O–H groups in total. The van der Waals surface area contributed by atoms with Crippen molar-refractivity contribution in [3.05, 3.63) is 11.6 Å². The normalized spacial score (nSPS) is 18.1. The lowest BCUT2D eigenvalue weighted by Crippen LogP contribution is -2.50. The molecule has 1 aliphatic heterocycles. The van der Waals surface area contributed by atoms with Crippen molar-refractivity contribution < 1.29 is 9.59 Å². The van der Waals surface area contributed by atoms with E-state index in [2.05, 4.69) is 0 Å². The minimum atomic E-state index is -0.680. The highest BCUT2D eigenvalue weighted by Crippen LogP contribution is 2.33. The van der Waals surface area contributed by atoms with E-state index in [4.69, 9.17) is 0 Å². The lowest BCUT2D eigenvalue weighted by Gasteiger charge is -2.41. The smallest absolute Gasteiger partial charge is 0.250 e. The molecule has 0 unspecified atom stereocenters. The van der Waals surface area contributed by atoms with Crippen LogP contribution in [0.3, 0.4) is 0 Å². The number of carbonyl (C=O) groups is 2. The van der Waals surface area contributed by atoms with Crippen molar-refractivity contribution >= 4 is 11.7 Å². The molecule has 0 radical (unpaired) electrons. The molecular weight excluding hydrogens is 214 g/mol. The lowest BCUT2D eigenvalue weighted by molar-refractivity contribution is -0.136. The van der Waals surface area contributed by atoms with Crippen LogP contribution >= 0.6 is 0 Å². The fourth-order valence-electron chi connectivity index (χ4n) is 2.02. The first-order valence-corrected chi connectivity index (χ1v) is 6.12. The van der Waals surface area contributed by atoms with Gasteiger partial charge in [-0.25, -0.2) is 0 Å². The maximum atomic E-state index is 12.4. The third kappa shape index (κ3) is 2.59. The predicted molar refractivity (Wildman–Crippen MR) is 68.6 cm³/mol. The van der Waals surface area contributed by atoms with Crippen molar-refractivity contribution in [1.82, 2.24) is 4.90 Å². The average Bonchev–Trinajstić information content (AvgIpc) is 2.15. The van der Waals surface area contributed by atoms with E-state index >= 15 is 0 Å². The molecule has 0 bridgehead atoms. The zero-order chi connectivity index (χ0) is 13.4. The number of hydrogen-bond acceptors (Lipinski definition) is 2. The summed E-state index contributed by atoms with van der Waals surface area (Å²) >= 11 is 0. The number of hydrogen-bond donors (Lipinski definition) is 0. The molecule has 1 heterocycles. The second-order valence-corrected chi connectivity index (χ2v) is 6.22. The van der Waals surface area contributed by atoms with Crippen molar-refractivity contribution in [1.29, 1.82) is 0 Å². The average molecular weight is 237 g/mol. The molecule has 0 saturated heterocycles. The number of amides is 1. The molecule has 1 rings (SSSR count). The first-order chi connectivity index (χ1) is 7.58. The summed E-state index contributed by atoms with van der Waals surface area (Å²) in [5, 5.41) is 0. The van der Waals surface area contributed by atoms with Crippen molar-refractivity contribution in [2.75, 3.05) is 6.54 Å². The Kier molecular flexibility index (Phi) is 3.51. The molecule has 0 spiro atoms. The third-order valence-corrected chi connectivity index (χ3v) is 3.54. The highest BCUT2D eigenvalue weighted by molar-refractivity contribution is 6.02. The molecule has 0 fully saturated rings. The van der Waals surface area contributed by atoms with Crippen LogP contribution in [-0.4, -0.2) is 28.7 Å². The number of ketones is 1. The van der Waals surface area contributed by atoms with Gasteiger partial charge in [-0.3, -0.25) is 9.59 Å². The molecule has 0 aliphatic carbocycles. The van der Waals surface area contributed by atoms with Gasteiger partial charge in [-0.2, -0.15) is 0 Å². The van der Waals surface area contributed by atoms with Crippen LogP contribution in [0.2, 0.25) is 0 Å². The van der Waals surface area contributed by atoms with Crippen LogP contribution in [0, 0.1) is 5.41 Å². The summed E-state index contributed by atoms with van der Waals surface area (Å²) in [6.45, 7) is 12.0. The van der Waals surface area contributed by atoms with Gasteiger partial charge in [-0.1, -0.05) is 6.08 Å². The first kappa shape index (κ1) is 13.9. The standard InChI is InChI=1S/C14H23NO2/c1-10(16)14(5,6)11-8-7-9-15(12(11)17)13(2,3)4/h8H,7,9H2,1-6H3. The molecule has 1 aliphatic rings. The molecule has 0 aromatic heterocycles. The lowest BCUT2D eigenvalue weighted by atomic mass is 9.78. The van der Waals surface area contributed by atoms with Gasteiger partial charge in [0.2, 0.25) is 0 Å². The van der Waals surface area contributed by atoms with Crippen LogP contribution < -0.4 is 0 Å². The van der Waals surface area contributed by atoms with Crippen LogP contribution in [0.4, 0.5) is 0 Å². The van der Waals surface area contributed by atoms with Gasteiger partial charge >= 0.3 is 0 Å². The topological polar surface area (TPSA) is 37.4 Å². The van der Waals surface area contributed by atoms with Crippen LogP contribution in [0.15, 0.2) is 11.6 Å². The summed E-state index contributed by atoms with van der Waals surface area (Å²) in [6.07, 6.45) is 2.75. The Morgan fingerprint density at radius 1 is 1.24 bits per heavy atom. The third-order valence-electron chi connectivity index (χ3n) is 3.54. The van der Waals surface area contributed by atoms with Crippen molar-refractivity contribution in [2.45, 2.75) is 53.5 Å². The van der Waals surface area contributed by atoms with Crippen LogP contribution in [0.5, 0.6) is 0 Å². The molecule has 0 saturated carbocycles. The summed E-state index contributed by atoms with van der Waals surface area (Å²) < 4.78 is 0. The van der Waals surface area contributed by atoms with Crippen LogP contribution in [-0.2, 0) is 9.59 Å². The quantitative estimate of drug-likeness (QED) is 0.740. The minimum Gasteiger partial charge on any atom is -0.334 e. The number of carbonyl (C=O) groups excluding carboxylic acids is 2. The Morgan fingerprint density at radius 2 is 1.76 bits per heavy atom. The maximum absolute atomic E-state index is 12.4. The summed E-state index contributed by atoms with van der Waals surface area (Å²) in [5.74, 6) is 0.0387. The second kappa shape index (κ2) is 4.28. The van der Waals surface area contributed by atoms with E-state index < -0.39 is 5.41 Å². The van der Waals surface area contributed by atoms with E-state index in [1.54, 1.807) is 6.92 Å². The molecular formula is C14H23NO2. The number of rotatable bonds is 2. The van der Waals surface area contributed by atoms with Gasteiger partial charge in [0, 0.05) is 17.7 Å². The highest BCUT2D eigenvalue weighted by atomic mass is 16.2. The first-order valence-electron chi connectivity index (χ1n) is 6.12. The second-order valence-electron chi connectivity index (χ2n) is 6.22. The Hall–Kier alpha value is -1.12. The summed E-state index contributed by atoms with van der Waals surface area (Å²) in [7, 11) is 0. The molecule has 96 valence electrons. The van der Waals surface area contributed by atoms with Gasteiger partial charge in [0.25, 0.3) is 5.91 Å². The monoisotopic (exact) mass is 237 g/mol. The van der Waals surface area contributed by atoms with Gasteiger partial charge in [0.1, 0.15) is 5.78 Å². The van der Waals surface area contributed by atoms with Gasteiger partial charge < -0.3 is 4.90 Å². The van der Waals surface area contributed by atoms with E-state index in [1.807, 2.05) is 45.6 Å². The molecule has 3 heteroatoms. The number of nitrogens with zero attached hydrogens (tertiary/aromatic N) is 1. The van der Waals surface area contributed by atoms with Crippen LogP contribution in [0.1, 0.15) is 48.0 Å². The zero-order valence-corrected chi connectivity index (χ0v) is 11.8. The molecule has 0 aromatic carbocycles. The van der Waals surface area contributed by atoms with Gasteiger partial charge in [0.15, 0.2) is 0 Å². The SMILES string of the molecule is CC(=O)C(C)(C)C1=CCCN(C(C)(C)C)C1=O. The van der Waals surface area contributed by atoms with E-state index in [0.29, 0.717) is 5.57 Å². The molecule has 3 nitrogen and oxygen atoms in total. The zero-order valence-electron chi connectivity index (χ0n) is 11.8. The Bertz CT molecular complexity index is 372. The molecule has 1 amide bonds. The fraction of sp³-hybridized carbons (Fsp3) is 0.714. The Balaban J connectivity index is 3.09. The van der Waals surface area contributed by atoms with Crippen molar-refractivity contribution in [3.63, 3.8) is 0 Å². The Labute approximate surface area is 104 Å². The van der Waals surface area contributed by atoms with Crippen LogP contribution in [0.25, 0.3) is 0 Å². The summed E-state index contributed by atoms with van der Waals surface area (Å²) in [4.78, 5) is 25.9. The van der Waals surface area contributed by atoms with E-state index in [1.165, 1.54) is 0 Å². The van der Waals surface area contributed by atoms with Crippen molar-refractivity contribution in [2.24, 2.45) is 5.41 Å². The largest absolute Gasteiger partial charge is 0.334 e. The summed E-state index contributed by atoms with van der Waals surface area (Å²) in [6, 6.07) is 0. The Morgan fingerprint density at radius 3 is 2.18 bits per heavy atom. The van der Waals surface area contributed by atoms with E-state index in [0.717, 1.165) is 13.0 Å². The molecule has 0 aromatic rings. The van der Waals surface area contributed by atoms with E-state index in [-0.39, 0.29) is 17.2 Å². The predicted octanol–water partition coefficient (Wildman–Crippen LogP) is 2.56. The number of Topliss-reactive ketones (excluding diaryl/α,β-unsaturated/α-hetero) is 1. The maximum Gasteiger partial charge on any atom is 0.250 e. The van der Waals surface area contributed by atoms with Crippen molar-refractivity contribution in [3.8, 4) is 0 Å². The van der Waals surface area contributed by atoms with E-state index in [9.17, 15) is 9.59 Å². The van der Waals surface area contributed by atoms with Gasteiger partial charge in [0.05, 0.1) is 5.41 Å². The minimum absolute atomic E-state index is 0.00366. The molecule has 17 heavy (non-hydrogen) atoms. The van der Waals surface area contributed by atoms with Gasteiger partial charge in [-0.05, 0) is 48.0 Å². The summed E-state index contributed by atoms with van der Waals surface area (Å²) in [5.41, 5.74) is -0.226. The fourth-order valence-corrected chi connectivity index (χ4v) is 2.02.